The molecule has 0 amide bonds. The molecule has 1 aliphatic rings. The van der Waals surface area contributed by atoms with Gasteiger partial charge in [-0.25, -0.2) is 4.39 Å². The number of aromatic amines is 1. The van der Waals surface area contributed by atoms with E-state index in [2.05, 4.69) is 26.1 Å². The molecule has 0 aliphatic carbocycles. The molecule has 112 valence electrons. The van der Waals surface area contributed by atoms with Crippen LogP contribution in [-0.2, 0) is 6.42 Å². The standard InChI is InChI=1S/C15H12BrFN4O/c1-2-11-13-12(8-4-3-7(16)5-10(8)17)9(6-18)14(19)22-15(13)21-20-11/h3-5,12H,2,19H2,1H3,(H,20,21). The first-order valence-corrected chi connectivity index (χ1v) is 7.45. The Hall–Kier alpha value is -2.33. The molecule has 1 atom stereocenters. The van der Waals surface area contributed by atoms with E-state index in [0.29, 0.717) is 27.9 Å². The Labute approximate surface area is 134 Å². The molecule has 0 spiro atoms. The Balaban J connectivity index is 2.27. The molecule has 1 aromatic heterocycles. The molecule has 1 aliphatic heterocycles. The lowest BCUT2D eigenvalue weighted by Gasteiger charge is -2.24. The van der Waals surface area contributed by atoms with E-state index in [0.717, 1.165) is 5.69 Å². The van der Waals surface area contributed by atoms with Crippen LogP contribution < -0.4 is 10.5 Å². The monoisotopic (exact) mass is 362 g/mol. The molecule has 2 heterocycles. The number of hydrogen-bond acceptors (Lipinski definition) is 4. The normalized spacial score (nSPS) is 16.9. The van der Waals surface area contributed by atoms with Gasteiger partial charge in [-0.15, -0.1) is 5.10 Å². The fraction of sp³-hybridized carbons (Fsp3) is 0.200. The van der Waals surface area contributed by atoms with Crippen LogP contribution in [0.1, 0.15) is 29.7 Å². The number of allylic oxidation sites excluding steroid dienone is 1. The Morgan fingerprint density at radius 2 is 2.32 bits per heavy atom. The number of rotatable bonds is 2. The van der Waals surface area contributed by atoms with Crippen molar-refractivity contribution in [2.75, 3.05) is 0 Å². The topological polar surface area (TPSA) is 87.7 Å². The molecule has 5 nitrogen and oxygen atoms in total. The van der Waals surface area contributed by atoms with E-state index in [-0.39, 0.29) is 11.5 Å². The quantitative estimate of drug-likeness (QED) is 0.858. The van der Waals surface area contributed by atoms with Crippen LogP contribution in [0, 0.1) is 17.1 Å². The van der Waals surface area contributed by atoms with Crippen LogP contribution in [0.5, 0.6) is 5.88 Å². The summed E-state index contributed by atoms with van der Waals surface area (Å²) in [6.07, 6.45) is 0.652. The third-order valence-electron chi connectivity index (χ3n) is 3.64. The molecule has 1 aromatic carbocycles. The second kappa shape index (κ2) is 5.46. The summed E-state index contributed by atoms with van der Waals surface area (Å²) in [5, 5.41) is 16.4. The molecule has 0 saturated carbocycles. The summed E-state index contributed by atoms with van der Waals surface area (Å²) < 4.78 is 20.5. The van der Waals surface area contributed by atoms with E-state index in [1.807, 2.05) is 13.0 Å². The number of nitrogens with zero attached hydrogens (tertiary/aromatic N) is 2. The first kappa shape index (κ1) is 14.6. The van der Waals surface area contributed by atoms with Gasteiger partial charge in [0.2, 0.25) is 11.8 Å². The van der Waals surface area contributed by atoms with E-state index < -0.39 is 11.7 Å². The summed E-state index contributed by atoms with van der Waals surface area (Å²) in [4.78, 5) is 0. The number of nitriles is 1. The van der Waals surface area contributed by atoms with Crippen LogP contribution in [0.15, 0.2) is 34.1 Å². The lowest BCUT2D eigenvalue weighted by atomic mass is 9.83. The van der Waals surface area contributed by atoms with Crippen LogP contribution in [-0.4, -0.2) is 10.2 Å². The number of halogens is 2. The fourth-order valence-corrected chi connectivity index (χ4v) is 2.96. The number of aromatic nitrogens is 2. The maximum Gasteiger partial charge on any atom is 0.244 e. The fourth-order valence-electron chi connectivity index (χ4n) is 2.62. The van der Waals surface area contributed by atoms with E-state index >= 15 is 0 Å². The Morgan fingerprint density at radius 1 is 1.55 bits per heavy atom. The Kier molecular flexibility index (Phi) is 3.62. The van der Waals surface area contributed by atoms with Gasteiger partial charge in [-0.3, -0.25) is 5.10 Å². The number of ether oxygens (including phenoxy) is 1. The lowest BCUT2D eigenvalue weighted by Crippen LogP contribution is -2.21. The van der Waals surface area contributed by atoms with E-state index in [1.54, 1.807) is 12.1 Å². The molecular formula is C15H12BrFN4O. The van der Waals surface area contributed by atoms with E-state index in [9.17, 15) is 9.65 Å². The van der Waals surface area contributed by atoms with Gasteiger partial charge in [0.15, 0.2) is 0 Å². The zero-order chi connectivity index (χ0) is 15.9. The summed E-state index contributed by atoms with van der Waals surface area (Å²) in [5.41, 5.74) is 7.82. The number of benzene rings is 1. The number of nitrogens with two attached hydrogens (primary N) is 1. The molecular weight excluding hydrogens is 351 g/mol. The van der Waals surface area contributed by atoms with Crippen LogP contribution in [0.2, 0.25) is 0 Å². The molecule has 3 N–H and O–H groups in total. The van der Waals surface area contributed by atoms with Crippen molar-refractivity contribution in [1.82, 2.24) is 10.2 Å². The SMILES string of the molecule is CCc1[nH]nc2c1C(c1ccc(Br)cc1F)C(C#N)=C(N)O2. The third kappa shape index (κ3) is 2.16. The van der Waals surface area contributed by atoms with Crippen molar-refractivity contribution >= 4 is 15.9 Å². The highest BCUT2D eigenvalue weighted by atomic mass is 79.9. The summed E-state index contributed by atoms with van der Waals surface area (Å²) in [7, 11) is 0. The molecule has 0 bridgehead atoms. The summed E-state index contributed by atoms with van der Waals surface area (Å²) in [6.45, 7) is 1.94. The largest absolute Gasteiger partial charge is 0.420 e. The number of H-pyrrole nitrogens is 1. The number of aryl methyl sites for hydroxylation is 1. The first-order valence-electron chi connectivity index (χ1n) is 6.66. The second-order valence-corrected chi connectivity index (χ2v) is 5.78. The molecule has 0 saturated heterocycles. The van der Waals surface area contributed by atoms with E-state index in [1.165, 1.54) is 6.07 Å². The Morgan fingerprint density at radius 3 is 2.95 bits per heavy atom. The van der Waals surface area contributed by atoms with Crippen molar-refractivity contribution in [2.45, 2.75) is 19.3 Å². The Bertz CT molecular complexity index is 821. The molecule has 1 unspecified atom stereocenters. The maximum absolute atomic E-state index is 14.4. The van der Waals surface area contributed by atoms with Gasteiger partial charge in [0.05, 0.1) is 11.5 Å². The summed E-state index contributed by atoms with van der Waals surface area (Å²) >= 11 is 3.23. The highest BCUT2D eigenvalue weighted by Gasteiger charge is 2.36. The van der Waals surface area contributed by atoms with Crippen LogP contribution in [0.25, 0.3) is 0 Å². The minimum atomic E-state index is -0.629. The molecule has 7 heteroatoms. The van der Waals surface area contributed by atoms with Gasteiger partial charge < -0.3 is 10.5 Å². The molecule has 22 heavy (non-hydrogen) atoms. The van der Waals surface area contributed by atoms with Crippen molar-refractivity contribution in [1.29, 1.82) is 5.26 Å². The van der Waals surface area contributed by atoms with Gasteiger partial charge in [-0.1, -0.05) is 28.9 Å². The number of fused-ring (bicyclic) bond motifs is 1. The molecule has 0 radical (unpaired) electrons. The number of nitrogens with one attached hydrogen (secondary N) is 1. The number of hydrogen-bond donors (Lipinski definition) is 2. The van der Waals surface area contributed by atoms with Crippen molar-refractivity contribution in [3.63, 3.8) is 0 Å². The van der Waals surface area contributed by atoms with Crippen LogP contribution in [0.4, 0.5) is 4.39 Å². The van der Waals surface area contributed by atoms with Gasteiger partial charge in [0.1, 0.15) is 17.5 Å². The smallest absolute Gasteiger partial charge is 0.244 e. The highest BCUT2D eigenvalue weighted by Crippen LogP contribution is 2.43. The van der Waals surface area contributed by atoms with Crippen molar-refractivity contribution in [3.8, 4) is 11.9 Å². The zero-order valence-electron chi connectivity index (χ0n) is 11.7. The predicted octanol–water partition coefficient (Wildman–Crippen LogP) is 3.09. The average Bonchev–Trinajstić information content (AvgIpc) is 2.88. The van der Waals surface area contributed by atoms with Gasteiger partial charge in [0.25, 0.3) is 0 Å². The van der Waals surface area contributed by atoms with Gasteiger partial charge in [-0.2, -0.15) is 5.26 Å². The van der Waals surface area contributed by atoms with Gasteiger partial charge in [0, 0.05) is 15.7 Å². The molecule has 0 fully saturated rings. The van der Waals surface area contributed by atoms with Crippen molar-refractivity contribution in [2.24, 2.45) is 5.73 Å². The summed E-state index contributed by atoms with van der Waals surface area (Å²) in [5.74, 6) is -0.802. The predicted molar refractivity (Wildman–Crippen MR) is 81.4 cm³/mol. The van der Waals surface area contributed by atoms with Gasteiger partial charge >= 0.3 is 0 Å². The van der Waals surface area contributed by atoms with Gasteiger partial charge in [-0.05, 0) is 18.6 Å². The van der Waals surface area contributed by atoms with Crippen molar-refractivity contribution < 1.29 is 9.13 Å². The summed E-state index contributed by atoms with van der Waals surface area (Å²) in [6, 6.07) is 6.76. The highest BCUT2D eigenvalue weighted by molar-refractivity contribution is 9.10. The zero-order valence-corrected chi connectivity index (χ0v) is 13.2. The second-order valence-electron chi connectivity index (χ2n) is 4.87. The van der Waals surface area contributed by atoms with Crippen molar-refractivity contribution in [3.05, 3.63) is 56.8 Å². The molecule has 3 rings (SSSR count). The first-order chi connectivity index (χ1) is 10.6. The maximum atomic E-state index is 14.4. The average molecular weight is 363 g/mol. The third-order valence-corrected chi connectivity index (χ3v) is 4.14. The molecule has 2 aromatic rings. The minimum Gasteiger partial charge on any atom is -0.420 e. The minimum absolute atomic E-state index is 0.0449. The van der Waals surface area contributed by atoms with Crippen LogP contribution in [0.3, 0.4) is 0 Å². The van der Waals surface area contributed by atoms with Crippen LogP contribution >= 0.6 is 15.9 Å². The lowest BCUT2D eigenvalue weighted by molar-refractivity contribution is 0.377. The van der Waals surface area contributed by atoms with E-state index in [4.69, 9.17) is 10.5 Å².